The van der Waals surface area contributed by atoms with Gasteiger partial charge in [-0.15, -0.1) is 6.58 Å². The van der Waals surface area contributed by atoms with Gasteiger partial charge in [-0.05, 0) is 36.7 Å². The van der Waals surface area contributed by atoms with Gasteiger partial charge in [-0.2, -0.15) is 0 Å². The summed E-state index contributed by atoms with van der Waals surface area (Å²) in [6, 6.07) is 11.1. The highest BCUT2D eigenvalue weighted by molar-refractivity contribution is 5.20. The molecular formula is C16H22. The summed E-state index contributed by atoms with van der Waals surface area (Å²) in [6.45, 7) is 3.91. The summed E-state index contributed by atoms with van der Waals surface area (Å²) in [5.74, 6) is 1.59. The van der Waals surface area contributed by atoms with E-state index in [0.717, 1.165) is 11.8 Å². The molecule has 86 valence electrons. The van der Waals surface area contributed by atoms with E-state index in [1.165, 1.54) is 44.1 Å². The molecule has 16 heavy (non-hydrogen) atoms. The van der Waals surface area contributed by atoms with E-state index in [4.69, 9.17) is 0 Å². The van der Waals surface area contributed by atoms with Gasteiger partial charge < -0.3 is 0 Å². The molecular weight excluding hydrogens is 192 g/mol. The van der Waals surface area contributed by atoms with E-state index in [9.17, 15) is 0 Å². The van der Waals surface area contributed by atoms with Crippen molar-refractivity contribution >= 4 is 0 Å². The van der Waals surface area contributed by atoms with Gasteiger partial charge in [0.25, 0.3) is 0 Å². The number of hydrogen-bond acceptors (Lipinski definition) is 0. The third kappa shape index (κ3) is 2.75. The highest BCUT2D eigenvalue weighted by Gasteiger charge is 2.23. The molecule has 1 aliphatic rings. The van der Waals surface area contributed by atoms with Gasteiger partial charge in [-0.3, -0.25) is 0 Å². The number of allylic oxidation sites excluding steroid dienone is 1. The Morgan fingerprint density at radius 3 is 2.56 bits per heavy atom. The Kier molecular flexibility index (Phi) is 4.21. The van der Waals surface area contributed by atoms with Crippen LogP contribution in [0.15, 0.2) is 43.0 Å². The molecule has 0 bridgehead atoms. The molecule has 0 heteroatoms. The first-order valence-corrected chi connectivity index (χ1v) is 6.57. The molecule has 1 aromatic rings. The Morgan fingerprint density at radius 1 is 1.06 bits per heavy atom. The van der Waals surface area contributed by atoms with E-state index in [1.807, 2.05) is 0 Å². The average Bonchev–Trinajstić information content (AvgIpc) is 2.56. The van der Waals surface area contributed by atoms with E-state index < -0.39 is 0 Å². The van der Waals surface area contributed by atoms with Crippen LogP contribution < -0.4 is 0 Å². The molecule has 0 heterocycles. The third-order valence-corrected chi connectivity index (χ3v) is 3.86. The van der Waals surface area contributed by atoms with E-state index in [-0.39, 0.29) is 0 Å². The van der Waals surface area contributed by atoms with Crippen LogP contribution in [0, 0.1) is 5.92 Å². The zero-order valence-electron chi connectivity index (χ0n) is 10.1. The summed E-state index contributed by atoms with van der Waals surface area (Å²) in [4.78, 5) is 0. The van der Waals surface area contributed by atoms with Gasteiger partial charge in [0.05, 0.1) is 0 Å². The fourth-order valence-electron chi connectivity index (χ4n) is 3.02. The fraction of sp³-hybridized carbons (Fsp3) is 0.500. The quantitative estimate of drug-likeness (QED) is 0.494. The molecule has 0 saturated heterocycles. The lowest BCUT2D eigenvalue weighted by molar-refractivity contribution is 0.403. The predicted octanol–water partition coefficient (Wildman–Crippen LogP) is 4.93. The molecule has 1 saturated carbocycles. The van der Waals surface area contributed by atoms with Crippen molar-refractivity contribution in [3.8, 4) is 0 Å². The second-order valence-corrected chi connectivity index (χ2v) is 4.94. The number of benzene rings is 1. The molecule has 2 atom stereocenters. The Bertz CT molecular complexity index is 312. The predicted molar refractivity (Wildman–Crippen MR) is 70.6 cm³/mol. The molecule has 2 rings (SSSR count). The summed E-state index contributed by atoms with van der Waals surface area (Å²) in [7, 11) is 0. The molecule has 1 aromatic carbocycles. The van der Waals surface area contributed by atoms with Gasteiger partial charge in [-0.1, -0.05) is 55.7 Å². The lowest BCUT2D eigenvalue weighted by atomic mass is 9.81. The van der Waals surface area contributed by atoms with Crippen LogP contribution in [0.4, 0.5) is 0 Å². The van der Waals surface area contributed by atoms with Gasteiger partial charge in [0.15, 0.2) is 0 Å². The molecule has 0 spiro atoms. The SMILES string of the molecule is C=CC[C@H]1CCCCC[C@H]1c1ccccc1. The fourth-order valence-corrected chi connectivity index (χ4v) is 3.02. The molecule has 0 radical (unpaired) electrons. The van der Waals surface area contributed by atoms with Crippen molar-refractivity contribution in [3.05, 3.63) is 48.6 Å². The summed E-state index contributed by atoms with van der Waals surface area (Å²) in [6.07, 6.45) is 10.2. The van der Waals surface area contributed by atoms with Gasteiger partial charge in [0, 0.05) is 0 Å². The van der Waals surface area contributed by atoms with Crippen molar-refractivity contribution in [2.45, 2.75) is 44.4 Å². The van der Waals surface area contributed by atoms with E-state index >= 15 is 0 Å². The van der Waals surface area contributed by atoms with Crippen LogP contribution in [-0.2, 0) is 0 Å². The summed E-state index contributed by atoms with van der Waals surface area (Å²) < 4.78 is 0. The number of rotatable bonds is 3. The lowest BCUT2D eigenvalue weighted by Crippen LogP contribution is -2.10. The standard InChI is InChI=1S/C16H22/c1-2-9-14-10-7-4-8-13-16(14)15-11-5-3-6-12-15/h2-3,5-6,11-12,14,16H,1,4,7-10,13H2/t14-,16+/m0/s1. The normalized spacial score (nSPS) is 26.0. The van der Waals surface area contributed by atoms with Crippen LogP contribution in [0.25, 0.3) is 0 Å². The minimum atomic E-state index is 0.765. The van der Waals surface area contributed by atoms with Gasteiger partial charge in [0.2, 0.25) is 0 Å². The third-order valence-electron chi connectivity index (χ3n) is 3.86. The maximum Gasteiger partial charge on any atom is -0.0131 e. The van der Waals surface area contributed by atoms with Gasteiger partial charge in [0.1, 0.15) is 0 Å². The van der Waals surface area contributed by atoms with Crippen molar-refractivity contribution in [3.63, 3.8) is 0 Å². The molecule has 1 fully saturated rings. The van der Waals surface area contributed by atoms with Crippen LogP contribution >= 0.6 is 0 Å². The maximum atomic E-state index is 3.91. The minimum absolute atomic E-state index is 0.765. The highest BCUT2D eigenvalue weighted by Crippen LogP contribution is 2.38. The lowest BCUT2D eigenvalue weighted by Gasteiger charge is -2.24. The first-order chi connectivity index (χ1) is 7.92. The largest absolute Gasteiger partial charge is 0.103 e. The Hall–Kier alpha value is -1.04. The van der Waals surface area contributed by atoms with Crippen LogP contribution in [0.1, 0.15) is 50.0 Å². The first-order valence-electron chi connectivity index (χ1n) is 6.57. The van der Waals surface area contributed by atoms with Crippen molar-refractivity contribution in [2.24, 2.45) is 5.92 Å². The summed E-state index contributed by atoms with van der Waals surface area (Å²) in [5, 5.41) is 0. The van der Waals surface area contributed by atoms with Crippen molar-refractivity contribution in [1.82, 2.24) is 0 Å². The van der Waals surface area contributed by atoms with Crippen LogP contribution in [-0.4, -0.2) is 0 Å². The first kappa shape index (κ1) is 11.4. The van der Waals surface area contributed by atoms with Gasteiger partial charge in [-0.25, -0.2) is 0 Å². The smallest absolute Gasteiger partial charge is 0.0131 e. The zero-order chi connectivity index (χ0) is 11.2. The minimum Gasteiger partial charge on any atom is -0.103 e. The molecule has 0 amide bonds. The molecule has 0 N–H and O–H groups in total. The molecule has 1 aliphatic carbocycles. The van der Waals surface area contributed by atoms with E-state index in [2.05, 4.69) is 43.0 Å². The van der Waals surface area contributed by atoms with Crippen molar-refractivity contribution in [1.29, 1.82) is 0 Å². The topological polar surface area (TPSA) is 0 Å². The Morgan fingerprint density at radius 2 is 1.81 bits per heavy atom. The monoisotopic (exact) mass is 214 g/mol. The maximum absolute atomic E-state index is 3.91. The summed E-state index contributed by atoms with van der Waals surface area (Å²) in [5.41, 5.74) is 1.54. The van der Waals surface area contributed by atoms with Crippen molar-refractivity contribution < 1.29 is 0 Å². The molecule has 0 nitrogen and oxygen atoms in total. The van der Waals surface area contributed by atoms with E-state index in [1.54, 1.807) is 0 Å². The highest BCUT2D eigenvalue weighted by atomic mass is 14.3. The van der Waals surface area contributed by atoms with E-state index in [0.29, 0.717) is 0 Å². The van der Waals surface area contributed by atoms with Crippen LogP contribution in [0.2, 0.25) is 0 Å². The van der Waals surface area contributed by atoms with Crippen molar-refractivity contribution in [2.75, 3.05) is 0 Å². The second kappa shape index (κ2) is 5.89. The van der Waals surface area contributed by atoms with Gasteiger partial charge >= 0.3 is 0 Å². The average molecular weight is 214 g/mol. The number of hydrogen-bond donors (Lipinski definition) is 0. The van der Waals surface area contributed by atoms with Crippen LogP contribution in [0.3, 0.4) is 0 Å². The molecule has 0 aliphatic heterocycles. The Labute approximate surface area is 99.4 Å². The molecule has 0 unspecified atom stereocenters. The Balaban J connectivity index is 2.17. The molecule has 0 aromatic heterocycles. The van der Waals surface area contributed by atoms with Crippen LogP contribution in [0.5, 0.6) is 0 Å². The summed E-state index contributed by atoms with van der Waals surface area (Å²) >= 11 is 0. The zero-order valence-corrected chi connectivity index (χ0v) is 10.1. The second-order valence-electron chi connectivity index (χ2n) is 4.94.